The van der Waals surface area contributed by atoms with Gasteiger partial charge in [-0.15, -0.1) is 0 Å². The maximum Gasteiger partial charge on any atom is 0.317 e. The Labute approximate surface area is 239 Å². The van der Waals surface area contributed by atoms with Gasteiger partial charge in [0.15, 0.2) is 0 Å². The highest BCUT2D eigenvalue weighted by atomic mass is 32.3. The van der Waals surface area contributed by atoms with E-state index in [1.54, 1.807) is 0 Å². The third-order valence-corrected chi connectivity index (χ3v) is 10.3. The smallest absolute Gasteiger partial charge is 0.317 e. The Morgan fingerprint density at radius 2 is 0.949 bits per heavy atom. The van der Waals surface area contributed by atoms with Gasteiger partial charge in [-0.1, -0.05) is 125 Å². The van der Waals surface area contributed by atoms with Gasteiger partial charge in [0.2, 0.25) is 0 Å². The van der Waals surface area contributed by atoms with Gasteiger partial charge < -0.3 is 4.18 Å². The van der Waals surface area contributed by atoms with Gasteiger partial charge in [0.1, 0.15) is 0 Å². The Morgan fingerprint density at radius 1 is 0.564 bits per heavy atom. The normalized spacial score (nSPS) is 12.0. The van der Waals surface area contributed by atoms with Gasteiger partial charge in [0.25, 0.3) is 0 Å². The Bertz CT molecular complexity index is 966. The summed E-state index contributed by atoms with van der Waals surface area (Å²) in [5, 5.41) is 0. The lowest BCUT2D eigenvalue weighted by Crippen LogP contribution is -2.13. The number of benzene rings is 3. The molecule has 0 saturated heterocycles. The quantitative estimate of drug-likeness (QED) is 0.111. The van der Waals surface area contributed by atoms with Crippen molar-refractivity contribution >= 4 is 16.3 Å². The molecule has 0 fully saturated rings. The zero-order valence-corrected chi connectivity index (χ0v) is 24.8. The average molecular weight is 545 g/mol. The molecule has 2 nitrogen and oxygen atoms in total. The molecule has 210 valence electrons. The molecular formula is C36H48O2S. The fourth-order valence-electron chi connectivity index (χ4n) is 4.91. The molecule has 3 rings (SSSR count). The number of hydrogen-bond acceptors (Lipinski definition) is 2. The molecule has 0 unspecified atom stereocenters. The number of carbonyl (C=O) groups excluding carboxylic acids is 1. The molecule has 3 aromatic carbocycles. The van der Waals surface area contributed by atoms with Crippen molar-refractivity contribution in [3.05, 3.63) is 103 Å². The third kappa shape index (κ3) is 10.4. The van der Waals surface area contributed by atoms with E-state index < -0.39 is 10.3 Å². The molecule has 3 aromatic rings. The second-order valence-corrected chi connectivity index (χ2v) is 13.0. The first-order valence-electron chi connectivity index (χ1n) is 15.1. The van der Waals surface area contributed by atoms with E-state index in [9.17, 15) is 4.79 Å². The van der Waals surface area contributed by atoms with E-state index in [0.29, 0.717) is 6.42 Å². The molecule has 39 heavy (non-hydrogen) atoms. The zero-order valence-electron chi connectivity index (χ0n) is 23.9. The first-order chi connectivity index (χ1) is 19.3. The van der Waals surface area contributed by atoms with Crippen LogP contribution in [0.1, 0.15) is 96.8 Å². The fraction of sp³-hybridized carbons (Fsp3) is 0.417. The highest BCUT2D eigenvalue weighted by molar-refractivity contribution is 8.30. The van der Waals surface area contributed by atoms with Crippen molar-refractivity contribution < 1.29 is 8.98 Å². The summed E-state index contributed by atoms with van der Waals surface area (Å²) in [5.74, 6) is -0.112. The Kier molecular flexibility index (Phi) is 14.6. The van der Waals surface area contributed by atoms with Gasteiger partial charge in [-0.05, 0) is 78.8 Å². The summed E-state index contributed by atoms with van der Waals surface area (Å²) in [6.45, 7) is 2.27. The minimum atomic E-state index is -2.16. The molecule has 3 heteroatoms. The summed E-state index contributed by atoms with van der Waals surface area (Å²) in [4.78, 5) is 16.4. The van der Waals surface area contributed by atoms with Crippen LogP contribution in [0.4, 0.5) is 0 Å². The van der Waals surface area contributed by atoms with E-state index in [0.717, 1.165) is 27.5 Å². The lowest BCUT2D eigenvalue weighted by molar-refractivity contribution is -0.133. The molecule has 0 aliphatic carbocycles. The van der Waals surface area contributed by atoms with Crippen LogP contribution in [0.5, 0.6) is 0 Å². The monoisotopic (exact) mass is 544 g/mol. The summed E-state index contributed by atoms with van der Waals surface area (Å²) < 4.78 is 6.55. The summed E-state index contributed by atoms with van der Waals surface area (Å²) in [6.07, 6.45) is 21.4. The molecule has 0 N–H and O–H groups in total. The zero-order chi connectivity index (χ0) is 27.4. The van der Waals surface area contributed by atoms with Gasteiger partial charge in [-0.3, -0.25) is 4.79 Å². The van der Waals surface area contributed by atoms with E-state index in [4.69, 9.17) is 4.18 Å². The molecule has 0 amide bonds. The first kappa shape index (κ1) is 30.8. The van der Waals surface area contributed by atoms with Crippen LogP contribution in [0.2, 0.25) is 0 Å². The number of rotatable bonds is 19. The topological polar surface area (TPSA) is 26.3 Å². The second-order valence-electron chi connectivity index (χ2n) is 10.3. The molecule has 0 aromatic heterocycles. The van der Waals surface area contributed by atoms with Gasteiger partial charge in [-0.2, -0.15) is 0 Å². The van der Waals surface area contributed by atoms with Gasteiger partial charge >= 0.3 is 5.97 Å². The Balaban J connectivity index is 1.46. The van der Waals surface area contributed by atoms with Crippen molar-refractivity contribution in [2.75, 3.05) is 0 Å². The van der Waals surface area contributed by atoms with E-state index in [-0.39, 0.29) is 5.97 Å². The minimum Gasteiger partial charge on any atom is -0.402 e. The van der Waals surface area contributed by atoms with Crippen LogP contribution in [0, 0.1) is 0 Å². The van der Waals surface area contributed by atoms with Crippen molar-refractivity contribution in [1.29, 1.82) is 0 Å². The van der Waals surface area contributed by atoms with E-state index in [1.807, 2.05) is 54.6 Å². The first-order valence-corrected chi connectivity index (χ1v) is 16.7. The van der Waals surface area contributed by atoms with Crippen LogP contribution >= 0.6 is 10.3 Å². The predicted molar refractivity (Wildman–Crippen MR) is 167 cm³/mol. The lowest BCUT2D eigenvalue weighted by atomic mass is 10.1. The van der Waals surface area contributed by atoms with Crippen molar-refractivity contribution in [2.24, 2.45) is 0 Å². The van der Waals surface area contributed by atoms with E-state index in [1.165, 1.54) is 70.6 Å². The van der Waals surface area contributed by atoms with Gasteiger partial charge in [-0.25, -0.2) is 0 Å². The number of hydrogen-bond donors (Lipinski definition) is 0. The third-order valence-electron chi connectivity index (χ3n) is 7.09. The largest absolute Gasteiger partial charge is 0.402 e. The van der Waals surface area contributed by atoms with Crippen molar-refractivity contribution in [3.63, 3.8) is 0 Å². The number of unbranched alkanes of at least 4 members (excludes halogenated alkanes) is 11. The van der Waals surface area contributed by atoms with Gasteiger partial charge in [0, 0.05) is 21.1 Å². The summed E-state index contributed by atoms with van der Waals surface area (Å²) in [5.41, 5.74) is 0. The van der Waals surface area contributed by atoms with Crippen LogP contribution < -0.4 is 0 Å². The molecular weight excluding hydrogens is 496 g/mol. The van der Waals surface area contributed by atoms with Crippen molar-refractivity contribution in [2.45, 2.75) is 112 Å². The summed E-state index contributed by atoms with van der Waals surface area (Å²) >= 11 is 0. The fourth-order valence-corrected chi connectivity index (χ4v) is 8.00. The van der Waals surface area contributed by atoms with E-state index >= 15 is 0 Å². The van der Waals surface area contributed by atoms with Crippen LogP contribution in [0.15, 0.2) is 118 Å². The molecule has 0 saturated carbocycles. The minimum absolute atomic E-state index is 0.112. The lowest BCUT2D eigenvalue weighted by Gasteiger charge is -2.39. The Morgan fingerprint density at radius 3 is 1.38 bits per heavy atom. The Hall–Kier alpha value is -2.78. The maximum atomic E-state index is 13.3. The van der Waals surface area contributed by atoms with Crippen LogP contribution in [0.25, 0.3) is 0 Å². The average Bonchev–Trinajstić information content (AvgIpc) is 2.99. The van der Waals surface area contributed by atoms with Crippen LogP contribution in [-0.2, 0) is 8.98 Å². The molecule has 0 atom stereocenters. The van der Waals surface area contributed by atoms with E-state index in [2.05, 4.69) is 55.5 Å². The standard InChI is InChI=1S/C36H48O2S/c1-2-3-4-5-6-7-8-9-10-11-12-13-14-15-25-32-36(37)38-39(33-26-19-16-20-27-33,34-28-21-17-22-29-34)35-30-23-18-24-31-35/h9-10,16-24,26-31H,2-8,11-15,25,32H2,1H3/b10-9-. The second kappa shape index (κ2) is 18.5. The molecule has 0 bridgehead atoms. The summed E-state index contributed by atoms with van der Waals surface area (Å²) in [6, 6.07) is 30.7. The van der Waals surface area contributed by atoms with Crippen LogP contribution in [0.3, 0.4) is 0 Å². The number of allylic oxidation sites excluding steroid dienone is 2. The molecule has 0 spiro atoms. The highest BCUT2D eigenvalue weighted by Gasteiger charge is 2.35. The molecule has 0 aliphatic heterocycles. The number of carbonyl (C=O) groups is 1. The predicted octanol–water partition coefficient (Wildman–Crippen LogP) is 11.5. The molecule has 0 aliphatic rings. The molecule has 0 radical (unpaired) electrons. The summed E-state index contributed by atoms with van der Waals surface area (Å²) in [7, 11) is -2.16. The van der Waals surface area contributed by atoms with Crippen LogP contribution in [-0.4, -0.2) is 5.97 Å². The highest BCUT2D eigenvalue weighted by Crippen LogP contribution is 2.69. The van der Waals surface area contributed by atoms with Crippen molar-refractivity contribution in [3.8, 4) is 0 Å². The SMILES string of the molecule is CCCCCCCC/C=C\CCCCCCCC(=O)OS(c1ccccc1)(c1ccccc1)c1ccccc1. The molecule has 0 heterocycles. The van der Waals surface area contributed by atoms with Crippen molar-refractivity contribution in [1.82, 2.24) is 0 Å². The maximum absolute atomic E-state index is 13.3. The van der Waals surface area contributed by atoms with Gasteiger partial charge in [0.05, 0.1) is 0 Å².